The van der Waals surface area contributed by atoms with Gasteiger partial charge in [0.2, 0.25) is 0 Å². The fraction of sp³-hybridized carbons (Fsp3) is 0.111. The molecule has 3 nitrogen and oxygen atoms in total. The molecular weight excluding hydrogens is 218 g/mol. The number of rotatable bonds is 1. The van der Waals surface area contributed by atoms with Crippen molar-refractivity contribution in [3.63, 3.8) is 0 Å². The van der Waals surface area contributed by atoms with Crippen molar-refractivity contribution in [1.82, 2.24) is 9.97 Å². The van der Waals surface area contributed by atoms with Crippen LogP contribution in [-0.2, 0) is 0 Å². The topological polar surface area (TPSA) is 51.8 Å². The number of aryl methyl sites for hydroxylation is 1. The second kappa shape index (κ2) is 3.55. The van der Waals surface area contributed by atoms with Crippen molar-refractivity contribution in [2.45, 2.75) is 6.92 Å². The number of thiophene rings is 1. The Labute approximate surface area is 90.6 Å². The Hall–Kier alpha value is -1.13. The third-order valence-corrected chi connectivity index (χ3v) is 3.07. The van der Waals surface area contributed by atoms with Gasteiger partial charge in [0.1, 0.15) is 11.6 Å². The van der Waals surface area contributed by atoms with Crippen LogP contribution in [0.3, 0.4) is 0 Å². The highest BCUT2D eigenvalue weighted by Gasteiger charge is 2.07. The summed E-state index contributed by atoms with van der Waals surface area (Å²) >= 11 is 7.53. The molecule has 2 aromatic rings. The van der Waals surface area contributed by atoms with Crippen LogP contribution >= 0.6 is 22.9 Å². The summed E-state index contributed by atoms with van der Waals surface area (Å²) in [7, 11) is 0. The second-order valence-electron chi connectivity index (χ2n) is 2.82. The lowest BCUT2D eigenvalue weighted by molar-refractivity contribution is 1.07. The van der Waals surface area contributed by atoms with Crippen LogP contribution in [-0.4, -0.2) is 9.97 Å². The first-order valence-corrected chi connectivity index (χ1v) is 5.27. The van der Waals surface area contributed by atoms with Crippen LogP contribution < -0.4 is 5.73 Å². The number of hydrogen-bond donors (Lipinski definition) is 1. The van der Waals surface area contributed by atoms with Crippen LogP contribution in [0.1, 0.15) is 5.82 Å². The first-order valence-electron chi connectivity index (χ1n) is 4.01. The maximum atomic E-state index is 5.99. The monoisotopic (exact) mass is 225 g/mol. The Balaban J connectivity index is 2.57. The highest BCUT2D eigenvalue weighted by atomic mass is 35.5. The molecule has 0 fully saturated rings. The molecule has 2 rings (SSSR count). The largest absolute Gasteiger partial charge is 0.384 e. The van der Waals surface area contributed by atoms with E-state index in [1.54, 1.807) is 24.3 Å². The molecule has 0 aliphatic rings. The Morgan fingerprint density at radius 3 is 2.79 bits per heavy atom. The summed E-state index contributed by atoms with van der Waals surface area (Å²) in [5.41, 5.74) is 6.41. The zero-order valence-electron chi connectivity index (χ0n) is 7.49. The lowest BCUT2D eigenvalue weighted by atomic mass is 10.3. The second-order valence-corrected chi connectivity index (χ2v) is 4.15. The van der Waals surface area contributed by atoms with Crippen molar-refractivity contribution in [2.24, 2.45) is 0 Å². The van der Waals surface area contributed by atoms with Gasteiger partial charge in [0.15, 0.2) is 0 Å². The first-order chi connectivity index (χ1) is 6.66. The molecule has 2 aromatic heterocycles. The van der Waals surface area contributed by atoms with E-state index in [0.717, 1.165) is 10.6 Å². The first kappa shape index (κ1) is 9.43. The van der Waals surface area contributed by atoms with E-state index in [2.05, 4.69) is 9.97 Å². The zero-order valence-corrected chi connectivity index (χ0v) is 9.06. The standard InChI is InChI=1S/C9H8ClN3S/c1-5-12-7(4-8(11)13-5)9-6(10)2-3-14-9/h2-4H,1H3,(H2,11,12,13). The van der Waals surface area contributed by atoms with Crippen molar-refractivity contribution in [3.8, 4) is 10.6 Å². The molecule has 0 spiro atoms. The van der Waals surface area contributed by atoms with Gasteiger partial charge in [-0.25, -0.2) is 9.97 Å². The van der Waals surface area contributed by atoms with E-state index in [1.165, 1.54) is 0 Å². The molecule has 0 unspecified atom stereocenters. The van der Waals surface area contributed by atoms with Gasteiger partial charge in [-0.1, -0.05) is 11.6 Å². The minimum absolute atomic E-state index is 0.469. The summed E-state index contributed by atoms with van der Waals surface area (Å²) in [5.74, 6) is 1.13. The summed E-state index contributed by atoms with van der Waals surface area (Å²) in [6.45, 7) is 1.81. The van der Waals surface area contributed by atoms with Crippen molar-refractivity contribution in [1.29, 1.82) is 0 Å². The molecule has 14 heavy (non-hydrogen) atoms. The molecule has 0 aliphatic heterocycles. The van der Waals surface area contributed by atoms with Gasteiger partial charge in [0.25, 0.3) is 0 Å². The van der Waals surface area contributed by atoms with E-state index in [-0.39, 0.29) is 0 Å². The van der Waals surface area contributed by atoms with Crippen LogP contribution in [0.5, 0.6) is 0 Å². The summed E-state index contributed by atoms with van der Waals surface area (Å²) in [5, 5.41) is 2.62. The van der Waals surface area contributed by atoms with Crippen LogP contribution in [0.25, 0.3) is 10.6 Å². The molecule has 0 saturated heterocycles. The Bertz CT molecular complexity index is 447. The van der Waals surface area contributed by atoms with Crippen LogP contribution in [0.4, 0.5) is 5.82 Å². The van der Waals surface area contributed by atoms with Crippen LogP contribution in [0.15, 0.2) is 17.5 Å². The SMILES string of the molecule is Cc1nc(N)cc(-c2sccc2Cl)n1. The highest BCUT2D eigenvalue weighted by molar-refractivity contribution is 7.14. The fourth-order valence-electron chi connectivity index (χ4n) is 1.18. The molecular formula is C9H8ClN3S. The van der Waals surface area contributed by atoms with Gasteiger partial charge in [-0.3, -0.25) is 0 Å². The average molecular weight is 226 g/mol. The molecule has 0 bridgehead atoms. The summed E-state index contributed by atoms with van der Waals surface area (Å²) in [4.78, 5) is 9.21. The van der Waals surface area contributed by atoms with E-state index in [9.17, 15) is 0 Å². The molecule has 2 heterocycles. The third-order valence-electron chi connectivity index (χ3n) is 1.71. The van der Waals surface area contributed by atoms with E-state index in [0.29, 0.717) is 16.7 Å². The maximum absolute atomic E-state index is 5.99. The zero-order chi connectivity index (χ0) is 10.1. The predicted octanol–water partition coefficient (Wildman–Crippen LogP) is 2.75. The quantitative estimate of drug-likeness (QED) is 0.812. The van der Waals surface area contributed by atoms with Gasteiger partial charge in [-0.15, -0.1) is 11.3 Å². The van der Waals surface area contributed by atoms with Gasteiger partial charge in [-0.05, 0) is 18.4 Å². The number of halogens is 1. The summed E-state index contributed by atoms with van der Waals surface area (Å²) in [6, 6.07) is 3.57. The number of nitrogen functional groups attached to an aromatic ring is 1. The van der Waals surface area contributed by atoms with E-state index >= 15 is 0 Å². The lowest BCUT2D eigenvalue weighted by Gasteiger charge is -2.01. The summed E-state index contributed by atoms with van der Waals surface area (Å²) in [6.07, 6.45) is 0. The number of nitrogens with zero attached hydrogens (tertiary/aromatic N) is 2. The van der Waals surface area contributed by atoms with Crippen molar-refractivity contribution < 1.29 is 0 Å². The number of nitrogens with two attached hydrogens (primary N) is 1. The molecule has 0 amide bonds. The molecule has 0 radical (unpaired) electrons. The fourth-order valence-corrected chi connectivity index (χ4v) is 2.30. The highest BCUT2D eigenvalue weighted by Crippen LogP contribution is 2.32. The minimum atomic E-state index is 0.469. The molecule has 5 heteroatoms. The van der Waals surface area contributed by atoms with Crippen molar-refractivity contribution in [3.05, 3.63) is 28.4 Å². The maximum Gasteiger partial charge on any atom is 0.128 e. The molecule has 2 N–H and O–H groups in total. The van der Waals surface area contributed by atoms with Gasteiger partial charge in [-0.2, -0.15) is 0 Å². The number of anilines is 1. The van der Waals surface area contributed by atoms with Gasteiger partial charge < -0.3 is 5.73 Å². The molecule has 0 atom stereocenters. The van der Waals surface area contributed by atoms with E-state index in [1.807, 2.05) is 11.4 Å². The molecule has 72 valence electrons. The Morgan fingerprint density at radius 2 is 2.21 bits per heavy atom. The molecule has 0 aliphatic carbocycles. The Morgan fingerprint density at radius 1 is 1.43 bits per heavy atom. The molecule has 0 saturated carbocycles. The van der Waals surface area contributed by atoms with Gasteiger partial charge in [0.05, 0.1) is 15.6 Å². The van der Waals surface area contributed by atoms with Gasteiger partial charge in [0, 0.05) is 6.07 Å². The smallest absolute Gasteiger partial charge is 0.128 e. The van der Waals surface area contributed by atoms with Gasteiger partial charge >= 0.3 is 0 Å². The predicted molar refractivity (Wildman–Crippen MR) is 59.5 cm³/mol. The van der Waals surface area contributed by atoms with E-state index in [4.69, 9.17) is 17.3 Å². The van der Waals surface area contributed by atoms with Crippen LogP contribution in [0, 0.1) is 6.92 Å². The minimum Gasteiger partial charge on any atom is -0.384 e. The number of hydrogen-bond acceptors (Lipinski definition) is 4. The van der Waals surface area contributed by atoms with Crippen LogP contribution in [0.2, 0.25) is 5.02 Å². The van der Waals surface area contributed by atoms with Crippen molar-refractivity contribution in [2.75, 3.05) is 5.73 Å². The Kier molecular flexibility index (Phi) is 2.39. The number of aromatic nitrogens is 2. The lowest BCUT2D eigenvalue weighted by Crippen LogP contribution is -1.96. The van der Waals surface area contributed by atoms with Crippen molar-refractivity contribution >= 4 is 28.8 Å². The summed E-state index contributed by atoms with van der Waals surface area (Å²) < 4.78 is 0. The molecule has 0 aromatic carbocycles. The normalized spacial score (nSPS) is 10.4. The average Bonchev–Trinajstić information content (AvgIpc) is 2.49. The third kappa shape index (κ3) is 1.71. The van der Waals surface area contributed by atoms with E-state index < -0.39 is 0 Å².